The number of carbonyl (C=O) groups excluding carboxylic acids is 1. The van der Waals surface area contributed by atoms with Crippen LogP contribution in [0.4, 0.5) is 10.5 Å². The predicted octanol–water partition coefficient (Wildman–Crippen LogP) is 2.06. The number of benzene rings is 1. The van der Waals surface area contributed by atoms with E-state index in [-0.39, 0.29) is 18.7 Å². The third-order valence-electron chi connectivity index (χ3n) is 2.89. The van der Waals surface area contributed by atoms with Crippen LogP contribution in [0.25, 0.3) is 10.9 Å². The summed E-state index contributed by atoms with van der Waals surface area (Å²) in [6.45, 7) is 1.85. The molecule has 0 unspecified atom stereocenters. The summed E-state index contributed by atoms with van der Waals surface area (Å²) in [6.07, 6.45) is 2.45. The molecule has 0 aliphatic heterocycles. The molecule has 0 bridgehead atoms. The van der Waals surface area contributed by atoms with Crippen molar-refractivity contribution in [3.8, 4) is 0 Å². The molecule has 96 valence electrons. The van der Waals surface area contributed by atoms with Gasteiger partial charge in [0.1, 0.15) is 0 Å². The molecule has 1 heterocycles. The third kappa shape index (κ3) is 2.62. The molecule has 1 atom stereocenters. The Labute approximate surface area is 105 Å². The lowest BCUT2D eigenvalue weighted by Crippen LogP contribution is -2.39. The highest BCUT2D eigenvalue weighted by Gasteiger charge is 2.10. The molecule has 2 amide bonds. The molecule has 2 aromatic rings. The normalized spacial score (nSPS) is 12.3. The molecule has 0 aliphatic carbocycles. The Balaban J connectivity index is 2.07. The summed E-state index contributed by atoms with van der Waals surface area (Å²) in [5.74, 6) is 0. The van der Waals surface area contributed by atoms with E-state index in [2.05, 4.69) is 15.6 Å². The minimum atomic E-state index is -0.305. The van der Waals surface area contributed by atoms with Crippen LogP contribution in [0.15, 0.2) is 30.5 Å². The first-order valence-corrected chi connectivity index (χ1v) is 5.99. The van der Waals surface area contributed by atoms with Crippen LogP contribution in [0.5, 0.6) is 0 Å². The van der Waals surface area contributed by atoms with Gasteiger partial charge in [0.05, 0.1) is 18.3 Å². The van der Waals surface area contributed by atoms with E-state index in [4.69, 9.17) is 5.11 Å². The molecule has 5 heteroatoms. The van der Waals surface area contributed by atoms with Crippen molar-refractivity contribution in [2.45, 2.75) is 19.4 Å². The minimum Gasteiger partial charge on any atom is -0.394 e. The average molecular weight is 247 g/mol. The minimum absolute atomic E-state index is 0.0577. The van der Waals surface area contributed by atoms with Crippen LogP contribution in [-0.4, -0.2) is 28.8 Å². The summed E-state index contributed by atoms with van der Waals surface area (Å²) >= 11 is 0. The van der Waals surface area contributed by atoms with Crippen LogP contribution in [0, 0.1) is 0 Å². The number of aliphatic hydroxyl groups excluding tert-OH is 1. The van der Waals surface area contributed by atoms with E-state index in [1.807, 2.05) is 31.2 Å². The fraction of sp³-hybridized carbons (Fsp3) is 0.308. The van der Waals surface area contributed by atoms with Gasteiger partial charge in [0.15, 0.2) is 0 Å². The molecular formula is C13H17N3O2. The molecule has 0 fully saturated rings. The van der Waals surface area contributed by atoms with Crippen LogP contribution in [0.2, 0.25) is 0 Å². The number of anilines is 1. The molecule has 18 heavy (non-hydrogen) atoms. The predicted molar refractivity (Wildman–Crippen MR) is 71.6 cm³/mol. The zero-order valence-electron chi connectivity index (χ0n) is 10.2. The molecule has 0 spiro atoms. The van der Waals surface area contributed by atoms with Gasteiger partial charge in [0, 0.05) is 17.1 Å². The molecular weight excluding hydrogens is 230 g/mol. The van der Waals surface area contributed by atoms with Crippen LogP contribution < -0.4 is 10.6 Å². The van der Waals surface area contributed by atoms with Crippen molar-refractivity contribution in [2.24, 2.45) is 0 Å². The Morgan fingerprint density at radius 3 is 2.94 bits per heavy atom. The van der Waals surface area contributed by atoms with Crippen molar-refractivity contribution >= 4 is 22.6 Å². The van der Waals surface area contributed by atoms with Crippen molar-refractivity contribution in [3.05, 3.63) is 30.5 Å². The smallest absolute Gasteiger partial charge is 0.319 e. The number of amides is 2. The number of rotatable bonds is 4. The summed E-state index contributed by atoms with van der Waals surface area (Å²) in [4.78, 5) is 14.8. The van der Waals surface area contributed by atoms with Crippen molar-refractivity contribution in [1.82, 2.24) is 10.3 Å². The fourth-order valence-corrected chi connectivity index (χ4v) is 1.80. The van der Waals surface area contributed by atoms with Crippen molar-refractivity contribution in [2.75, 3.05) is 11.9 Å². The van der Waals surface area contributed by atoms with E-state index in [1.54, 1.807) is 6.20 Å². The molecule has 1 aromatic heterocycles. The maximum absolute atomic E-state index is 11.7. The van der Waals surface area contributed by atoms with Crippen LogP contribution >= 0.6 is 0 Å². The molecule has 1 aromatic carbocycles. The molecule has 4 N–H and O–H groups in total. The summed E-state index contributed by atoms with van der Waals surface area (Å²) < 4.78 is 0. The van der Waals surface area contributed by atoms with Crippen molar-refractivity contribution < 1.29 is 9.90 Å². The second-order valence-electron chi connectivity index (χ2n) is 4.13. The Morgan fingerprint density at radius 1 is 1.44 bits per heavy atom. The second kappa shape index (κ2) is 5.55. The van der Waals surface area contributed by atoms with E-state index in [1.165, 1.54) is 0 Å². The summed E-state index contributed by atoms with van der Waals surface area (Å²) in [5.41, 5.74) is 1.71. The summed E-state index contributed by atoms with van der Waals surface area (Å²) in [7, 11) is 0. The second-order valence-corrected chi connectivity index (χ2v) is 4.13. The van der Waals surface area contributed by atoms with E-state index >= 15 is 0 Å². The lowest BCUT2D eigenvalue weighted by Gasteiger charge is -2.14. The number of fused-ring (bicyclic) bond motifs is 1. The van der Waals surface area contributed by atoms with Gasteiger partial charge in [-0.25, -0.2) is 4.79 Å². The Morgan fingerprint density at radius 2 is 2.22 bits per heavy atom. The standard InChI is InChI=1S/C13H17N3O2/c1-2-9(8-17)15-13(18)16-12-7-14-11-6-4-3-5-10(11)12/h3-7,9,14,17H,2,8H2,1H3,(H2,15,16,18)/t9-/m1/s1. The fourth-order valence-electron chi connectivity index (χ4n) is 1.80. The monoisotopic (exact) mass is 247 g/mol. The van der Waals surface area contributed by atoms with Crippen molar-refractivity contribution in [3.63, 3.8) is 0 Å². The van der Waals surface area contributed by atoms with Crippen LogP contribution in [-0.2, 0) is 0 Å². The highest BCUT2D eigenvalue weighted by Crippen LogP contribution is 2.22. The Kier molecular flexibility index (Phi) is 3.84. The van der Waals surface area contributed by atoms with Gasteiger partial charge >= 0.3 is 6.03 Å². The molecule has 0 saturated carbocycles. The molecule has 2 rings (SSSR count). The first-order valence-electron chi connectivity index (χ1n) is 5.99. The zero-order chi connectivity index (χ0) is 13.0. The maximum atomic E-state index is 11.7. The van der Waals surface area contributed by atoms with Gasteiger partial charge < -0.3 is 20.7 Å². The largest absolute Gasteiger partial charge is 0.394 e. The van der Waals surface area contributed by atoms with E-state index < -0.39 is 0 Å². The molecule has 5 nitrogen and oxygen atoms in total. The van der Waals surface area contributed by atoms with Crippen LogP contribution in [0.1, 0.15) is 13.3 Å². The average Bonchev–Trinajstić information content (AvgIpc) is 2.79. The lowest BCUT2D eigenvalue weighted by molar-refractivity contribution is 0.222. The molecule has 0 aliphatic rings. The zero-order valence-corrected chi connectivity index (χ0v) is 10.2. The van der Waals surface area contributed by atoms with Gasteiger partial charge in [-0.2, -0.15) is 0 Å². The van der Waals surface area contributed by atoms with Crippen molar-refractivity contribution in [1.29, 1.82) is 0 Å². The number of carbonyl (C=O) groups is 1. The number of hydrogen-bond donors (Lipinski definition) is 4. The maximum Gasteiger partial charge on any atom is 0.319 e. The summed E-state index contributed by atoms with van der Waals surface area (Å²) in [5, 5.41) is 15.5. The molecule has 0 saturated heterocycles. The van der Waals surface area contributed by atoms with Gasteiger partial charge in [0.2, 0.25) is 0 Å². The van der Waals surface area contributed by atoms with Gasteiger partial charge in [-0.1, -0.05) is 25.1 Å². The third-order valence-corrected chi connectivity index (χ3v) is 2.89. The number of aromatic amines is 1. The van der Waals surface area contributed by atoms with E-state index in [9.17, 15) is 4.79 Å². The Bertz CT molecular complexity index is 532. The summed E-state index contributed by atoms with van der Waals surface area (Å²) in [6, 6.07) is 7.21. The number of para-hydroxylation sites is 1. The first kappa shape index (κ1) is 12.4. The van der Waals surface area contributed by atoms with Crippen LogP contribution in [0.3, 0.4) is 0 Å². The first-order chi connectivity index (χ1) is 8.74. The highest BCUT2D eigenvalue weighted by molar-refractivity contribution is 6.00. The van der Waals surface area contributed by atoms with E-state index in [0.29, 0.717) is 6.42 Å². The number of hydrogen-bond acceptors (Lipinski definition) is 2. The number of aliphatic hydroxyl groups is 1. The molecule has 0 radical (unpaired) electrons. The van der Waals surface area contributed by atoms with Gasteiger partial charge in [-0.3, -0.25) is 0 Å². The topological polar surface area (TPSA) is 77.2 Å². The lowest BCUT2D eigenvalue weighted by atomic mass is 10.2. The Hall–Kier alpha value is -2.01. The van der Waals surface area contributed by atoms with Gasteiger partial charge in [-0.05, 0) is 12.5 Å². The number of H-pyrrole nitrogens is 1. The SMILES string of the molecule is CC[C@H](CO)NC(=O)Nc1c[nH]c2ccccc12. The number of nitrogens with one attached hydrogen (secondary N) is 3. The van der Waals surface area contributed by atoms with Gasteiger partial charge in [0.25, 0.3) is 0 Å². The quantitative estimate of drug-likeness (QED) is 0.667. The number of urea groups is 1. The van der Waals surface area contributed by atoms with E-state index in [0.717, 1.165) is 16.6 Å². The number of aromatic nitrogens is 1. The van der Waals surface area contributed by atoms with Gasteiger partial charge in [-0.15, -0.1) is 0 Å². The highest BCUT2D eigenvalue weighted by atomic mass is 16.3.